The molecule has 0 saturated heterocycles. The first-order valence-corrected chi connectivity index (χ1v) is 5.42. The van der Waals surface area contributed by atoms with Crippen LogP contribution in [0.25, 0.3) is 0 Å². The largest absolute Gasteiger partial charge is 0.389 e. The zero-order valence-electron chi connectivity index (χ0n) is 8.42. The van der Waals surface area contributed by atoms with Crippen LogP contribution in [-0.2, 0) is 0 Å². The lowest BCUT2D eigenvalue weighted by Gasteiger charge is -2.34. The molecule has 0 fully saturated rings. The molecule has 0 amide bonds. The molecule has 2 heteroatoms. The topological polar surface area (TPSA) is 23.5 Å². The monoisotopic (exact) mass is 181 g/mol. The van der Waals surface area contributed by atoms with E-state index in [2.05, 4.69) is 11.8 Å². The van der Waals surface area contributed by atoms with Crippen molar-refractivity contribution in [1.82, 2.24) is 4.90 Å². The van der Waals surface area contributed by atoms with Gasteiger partial charge in [0.15, 0.2) is 0 Å². The molecular formula is C11H19NO. The minimum atomic E-state index is -0.109. The molecule has 0 aromatic carbocycles. The second kappa shape index (κ2) is 3.81. The van der Waals surface area contributed by atoms with Crippen LogP contribution in [0, 0.1) is 0 Å². The normalized spacial score (nSPS) is 30.5. The Bertz CT molecular complexity index is 222. The summed E-state index contributed by atoms with van der Waals surface area (Å²) in [6.45, 7) is 5.62. The van der Waals surface area contributed by atoms with Crippen LogP contribution >= 0.6 is 0 Å². The van der Waals surface area contributed by atoms with E-state index in [0.29, 0.717) is 0 Å². The lowest BCUT2D eigenvalue weighted by Crippen LogP contribution is -2.35. The summed E-state index contributed by atoms with van der Waals surface area (Å²) in [4.78, 5) is 2.47. The Balaban J connectivity index is 2.12. The number of rotatable bonds is 1. The Hall–Kier alpha value is -0.340. The zero-order valence-corrected chi connectivity index (χ0v) is 8.42. The van der Waals surface area contributed by atoms with Crippen LogP contribution in [0.4, 0.5) is 0 Å². The molecule has 1 aliphatic heterocycles. The van der Waals surface area contributed by atoms with Crippen molar-refractivity contribution < 1.29 is 5.11 Å². The van der Waals surface area contributed by atoms with Crippen molar-refractivity contribution in [2.45, 2.75) is 38.7 Å². The first-order chi connectivity index (χ1) is 6.31. The van der Waals surface area contributed by atoms with Crippen LogP contribution in [0.15, 0.2) is 11.1 Å². The Morgan fingerprint density at radius 1 is 1.46 bits per heavy atom. The SMILES string of the molecule is CCN1CCC2=C(CCC[C@@H]2O)C1. The van der Waals surface area contributed by atoms with Gasteiger partial charge in [-0.3, -0.25) is 4.90 Å². The van der Waals surface area contributed by atoms with Gasteiger partial charge in [0.2, 0.25) is 0 Å². The van der Waals surface area contributed by atoms with E-state index in [4.69, 9.17) is 0 Å². The lowest BCUT2D eigenvalue weighted by molar-refractivity contribution is 0.167. The van der Waals surface area contributed by atoms with Gasteiger partial charge in [-0.15, -0.1) is 0 Å². The molecular weight excluding hydrogens is 162 g/mol. The van der Waals surface area contributed by atoms with Crippen molar-refractivity contribution in [1.29, 1.82) is 0 Å². The molecule has 1 heterocycles. The van der Waals surface area contributed by atoms with Gasteiger partial charge in [-0.05, 0) is 37.8 Å². The predicted octanol–water partition coefficient (Wildman–Crippen LogP) is 1.55. The standard InChI is InChI=1S/C11H19NO/c1-2-12-7-6-10-9(8-12)4-3-5-11(10)13/h11,13H,2-8H2,1H3/t11-/m0/s1. The second-order valence-electron chi connectivity index (χ2n) is 4.16. The van der Waals surface area contributed by atoms with Crippen LogP contribution in [0.2, 0.25) is 0 Å². The van der Waals surface area contributed by atoms with Gasteiger partial charge in [0, 0.05) is 13.1 Å². The quantitative estimate of drug-likeness (QED) is 0.620. The third-order valence-corrected chi connectivity index (χ3v) is 3.37. The maximum absolute atomic E-state index is 9.79. The van der Waals surface area contributed by atoms with Gasteiger partial charge in [0.1, 0.15) is 0 Å². The van der Waals surface area contributed by atoms with Gasteiger partial charge >= 0.3 is 0 Å². The Labute approximate surface area is 80.2 Å². The maximum Gasteiger partial charge on any atom is 0.0753 e. The summed E-state index contributed by atoms with van der Waals surface area (Å²) in [6, 6.07) is 0. The number of hydrogen-bond acceptors (Lipinski definition) is 2. The highest BCUT2D eigenvalue weighted by Crippen LogP contribution is 2.31. The van der Waals surface area contributed by atoms with Gasteiger partial charge < -0.3 is 5.11 Å². The van der Waals surface area contributed by atoms with Crippen LogP contribution in [0.3, 0.4) is 0 Å². The maximum atomic E-state index is 9.79. The molecule has 1 aliphatic carbocycles. The van der Waals surface area contributed by atoms with Crippen molar-refractivity contribution in [3.63, 3.8) is 0 Å². The van der Waals surface area contributed by atoms with Crippen LogP contribution in [-0.4, -0.2) is 35.7 Å². The first kappa shape index (κ1) is 9.22. The van der Waals surface area contributed by atoms with Crippen molar-refractivity contribution in [3.8, 4) is 0 Å². The Morgan fingerprint density at radius 3 is 3.08 bits per heavy atom. The molecule has 0 unspecified atom stereocenters. The lowest BCUT2D eigenvalue weighted by atomic mass is 9.85. The van der Waals surface area contributed by atoms with E-state index in [1.54, 1.807) is 0 Å². The van der Waals surface area contributed by atoms with E-state index in [1.165, 1.54) is 24.0 Å². The van der Waals surface area contributed by atoms with E-state index in [0.717, 1.165) is 32.5 Å². The minimum absolute atomic E-state index is 0.109. The molecule has 74 valence electrons. The molecule has 0 spiro atoms. The fourth-order valence-corrected chi connectivity index (χ4v) is 2.50. The molecule has 0 aromatic heterocycles. The average Bonchev–Trinajstić information content (AvgIpc) is 2.18. The summed E-state index contributed by atoms with van der Waals surface area (Å²) < 4.78 is 0. The summed E-state index contributed by atoms with van der Waals surface area (Å²) in [7, 11) is 0. The van der Waals surface area contributed by atoms with Crippen molar-refractivity contribution in [2.75, 3.05) is 19.6 Å². The van der Waals surface area contributed by atoms with Gasteiger partial charge in [-0.2, -0.15) is 0 Å². The summed E-state index contributed by atoms with van der Waals surface area (Å²) in [5, 5.41) is 9.79. The molecule has 1 N–H and O–H groups in total. The smallest absolute Gasteiger partial charge is 0.0753 e. The van der Waals surface area contributed by atoms with Gasteiger partial charge in [0.05, 0.1) is 6.10 Å². The fraction of sp³-hybridized carbons (Fsp3) is 0.818. The summed E-state index contributed by atoms with van der Waals surface area (Å²) >= 11 is 0. The summed E-state index contributed by atoms with van der Waals surface area (Å²) in [5.41, 5.74) is 2.91. The molecule has 2 rings (SSSR count). The predicted molar refractivity (Wildman–Crippen MR) is 53.6 cm³/mol. The van der Waals surface area contributed by atoms with Crippen LogP contribution in [0.1, 0.15) is 32.6 Å². The van der Waals surface area contributed by atoms with Gasteiger partial charge in [-0.1, -0.05) is 12.5 Å². The van der Waals surface area contributed by atoms with Gasteiger partial charge in [0.25, 0.3) is 0 Å². The highest BCUT2D eigenvalue weighted by atomic mass is 16.3. The summed E-state index contributed by atoms with van der Waals surface area (Å²) in [5.74, 6) is 0. The van der Waals surface area contributed by atoms with Crippen LogP contribution in [0.5, 0.6) is 0 Å². The molecule has 1 atom stereocenters. The van der Waals surface area contributed by atoms with E-state index in [9.17, 15) is 5.11 Å². The van der Waals surface area contributed by atoms with Crippen LogP contribution < -0.4 is 0 Å². The van der Waals surface area contributed by atoms with Crippen molar-refractivity contribution in [3.05, 3.63) is 11.1 Å². The van der Waals surface area contributed by atoms with E-state index in [1.807, 2.05) is 0 Å². The minimum Gasteiger partial charge on any atom is -0.389 e. The average molecular weight is 181 g/mol. The van der Waals surface area contributed by atoms with E-state index < -0.39 is 0 Å². The zero-order chi connectivity index (χ0) is 9.26. The van der Waals surface area contributed by atoms with E-state index in [-0.39, 0.29) is 6.10 Å². The number of likely N-dealkylation sites (N-methyl/N-ethyl adjacent to an activating group) is 1. The second-order valence-corrected chi connectivity index (χ2v) is 4.16. The first-order valence-electron chi connectivity index (χ1n) is 5.42. The molecule has 0 aromatic rings. The van der Waals surface area contributed by atoms with Gasteiger partial charge in [-0.25, -0.2) is 0 Å². The highest BCUT2D eigenvalue weighted by Gasteiger charge is 2.25. The molecule has 2 aliphatic rings. The third kappa shape index (κ3) is 1.79. The number of nitrogens with zero attached hydrogens (tertiary/aromatic N) is 1. The third-order valence-electron chi connectivity index (χ3n) is 3.37. The molecule has 0 radical (unpaired) electrons. The highest BCUT2D eigenvalue weighted by molar-refractivity contribution is 5.25. The summed E-state index contributed by atoms with van der Waals surface area (Å²) in [6.07, 6.45) is 4.39. The van der Waals surface area contributed by atoms with Crippen molar-refractivity contribution >= 4 is 0 Å². The number of aliphatic hydroxyl groups is 1. The molecule has 2 nitrogen and oxygen atoms in total. The fourth-order valence-electron chi connectivity index (χ4n) is 2.50. The molecule has 0 saturated carbocycles. The van der Waals surface area contributed by atoms with Crippen molar-refractivity contribution in [2.24, 2.45) is 0 Å². The molecule has 13 heavy (non-hydrogen) atoms. The molecule has 0 bridgehead atoms. The Kier molecular flexibility index (Phi) is 2.70. The number of aliphatic hydroxyl groups excluding tert-OH is 1. The Morgan fingerprint density at radius 2 is 2.31 bits per heavy atom. The van der Waals surface area contributed by atoms with E-state index >= 15 is 0 Å². The number of hydrogen-bond donors (Lipinski definition) is 1.